The van der Waals surface area contributed by atoms with Crippen LogP contribution < -0.4 is 14.9 Å². The number of furan rings is 1. The van der Waals surface area contributed by atoms with Crippen LogP contribution in [-0.2, 0) is 21.4 Å². The van der Waals surface area contributed by atoms with E-state index in [1.54, 1.807) is 48.5 Å². The fraction of sp³-hybridized carbons (Fsp3) is 0.250. The summed E-state index contributed by atoms with van der Waals surface area (Å²) in [6.45, 7) is 3.68. The molecule has 1 aromatic heterocycles. The summed E-state index contributed by atoms with van der Waals surface area (Å²) in [5.41, 5.74) is 1.80. The molecule has 0 aliphatic rings. The van der Waals surface area contributed by atoms with Crippen molar-refractivity contribution in [1.82, 2.24) is 5.32 Å². The molecule has 0 aliphatic carbocycles. The van der Waals surface area contributed by atoms with Gasteiger partial charge in [0, 0.05) is 0 Å². The average Bonchev–Trinajstić information content (AvgIpc) is 3.29. The van der Waals surface area contributed by atoms with Crippen molar-refractivity contribution in [3.63, 3.8) is 0 Å². The van der Waals surface area contributed by atoms with Gasteiger partial charge in [-0.2, -0.15) is 0 Å². The highest BCUT2D eigenvalue weighted by Gasteiger charge is 2.24. The third-order valence-electron chi connectivity index (χ3n) is 4.96. The van der Waals surface area contributed by atoms with Gasteiger partial charge in [-0.15, -0.1) is 0 Å². The van der Waals surface area contributed by atoms with E-state index in [9.17, 15) is 18.0 Å². The van der Waals surface area contributed by atoms with E-state index in [1.807, 2.05) is 26.0 Å². The molecule has 3 rings (SSSR count). The monoisotopic (exact) mass is 469 g/mol. The summed E-state index contributed by atoms with van der Waals surface area (Å²) in [5.74, 6) is -0.303. The Kier molecular flexibility index (Phi) is 7.55. The minimum Gasteiger partial charge on any atom is -0.467 e. The van der Waals surface area contributed by atoms with Crippen LogP contribution in [0.1, 0.15) is 41.4 Å². The lowest BCUT2D eigenvalue weighted by Gasteiger charge is -2.25. The van der Waals surface area contributed by atoms with Gasteiger partial charge in [0.05, 0.1) is 36.0 Å². The van der Waals surface area contributed by atoms with Crippen LogP contribution in [0.15, 0.2) is 71.3 Å². The van der Waals surface area contributed by atoms with Gasteiger partial charge in [0.15, 0.2) is 0 Å². The molecule has 0 fully saturated rings. The molecule has 0 radical (unpaired) electrons. The zero-order valence-corrected chi connectivity index (χ0v) is 19.6. The molecule has 9 heteroatoms. The molecule has 174 valence electrons. The zero-order valence-electron chi connectivity index (χ0n) is 18.7. The molecule has 3 aromatic rings. The number of sulfonamides is 1. The van der Waals surface area contributed by atoms with E-state index in [0.717, 1.165) is 16.1 Å². The van der Waals surface area contributed by atoms with Crippen LogP contribution in [0.5, 0.6) is 0 Å². The Hall–Kier alpha value is -3.59. The lowest BCUT2D eigenvalue weighted by molar-refractivity contribution is -0.114. The van der Waals surface area contributed by atoms with E-state index in [4.69, 9.17) is 4.42 Å². The van der Waals surface area contributed by atoms with Gasteiger partial charge in [0.25, 0.3) is 5.91 Å². The number of carbonyl (C=O) groups is 2. The summed E-state index contributed by atoms with van der Waals surface area (Å²) in [4.78, 5) is 25.5. The predicted molar refractivity (Wildman–Crippen MR) is 128 cm³/mol. The molecular weight excluding hydrogens is 442 g/mol. The number of anilines is 2. The van der Waals surface area contributed by atoms with E-state index in [0.29, 0.717) is 11.4 Å². The van der Waals surface area contributed by atoms with Gasteiger partial charge in [-0.1, -0.05) is 44.2 Å². The van der Waals surface area contributed by atoms with Crippen LogP contribution in [0.25, 0.3) is 0 Å². The topological polar surface area (TPSA) is 109 Å². The maximum absolute atomic E-state index is 12.9. The molecule has 0 atom stereocenters. The lowest BCUT2D eigenvalue weighted by atomic mass is 10.0. The van der Waals surface area contributed by atoms with Crippen molar-refractivity contribution in [1.29, 1.82) is 0 Å². The van der Waals surface area contributed by atoms with Gasteiger partial charge in [0.2, 0.25) is 15.9 Å². The van der Waals surface area contributed by atoms with Crippen LogP contribution in [0.4, 0.5) is 11.4 Å². The summed E-state index contributed by atoms with van der Waals surface area (Å²) >= 11 is 0. The van der Waals surface area contributed by atoms with Gasteiger partial charge in [-0.25, -0.2) is 8.42 Å². The smallest absolute Gasteiger partial charge is 0.253 e. The summed E-state index contributed by atoms with van der Waals surface area (Å²) in [5, 5.41) is 5.41. The van der Waals surface area contributed by atoms with Crippen LogP contribution in [-0.4, -0.2) is 33.0 Å². The van der Waals surface area contributed by atoms with E-state index >= 15 is 0 Å². The normalized spacial score (nSPS) is 11.3. The van der Waals surface area contributed by atoms with Crippen LogP contribution in [0.3, 0.4) is 0 Å². The average molecular weight is 470 g/mol. The van der Waals surface area contributed by atoms with E-state index in [2.05, 4.69) is 10.6 Å². The number of hydrogen-bond acceptors (Lipinski definition) is 5. The number of nitrogens with one attached hydrogen (secondary N) is 2. The van der Waals surface area contributed by atoms with Crippen molar-refractivity contribution in [2.24, 2.45) is 0 Å². The standard InChI is InChI=1S/C24H27N3O5S/c1-17(2)19-10-5-7-13-22(19)27(33(3,30)31)16-23(28)26-21-12-6-4-11-20(21)24(29)25-15-18-9-8-14-32-18/h4-14,17H,15-16H2,1-3H3,(H,25,29)(H,26,28). The summed E-state index contributed by atoms with van der Waals surface area (Å²) in [6, 6.07) is 17.1. The molecule has 0 saturated carbocycles. The largest absolute Gasteiger partial charge is 0.467 e. The molecule has 2 N–H and O–H groups in total. The highest BCUT2D eigenvalue weighted by molar-refractivity contribution is 7.92. The first-order valence-electron chi connectivity index (χ1n) is 10.4. The van der Waals surface area contributed by atoms with Crippen molar-refractivity contribution < 1.29 is 22.4 Å². The fourth-order valence-corrected chi connectivity index (χ4v) is 4.25. The van der Waals surface area contributed by atoms with Gasteiger partial charge in [0.1, 0.15) is 12.3 Å². The Morgan fingerprint density at radius 3 is 2.36 bits per heavy atom. The first kappa shape index (κ1) is 24.1. The number of rotatable bonds is 9. The molecule has 0 aliphatic heterocycles. The van der Waals surface area contributed by atoms with Crippen molar-refractivity contribution in [3.8, 4) is 0 Å². The Bertz CT molecular complexity index is 1220. The molecule has 2 aromatic carbocycles. The van der Waals surface area contributed by atoms with Crippen molar-refractivity contribution in [2.45, 2.75) is 26.3 Å². The van der Waals surface area contributed by atoms with Crippen LogP contribution >= 0.6 is 0 Å². The number of para-hydroxylation sites is 2. The number of hydrogen-bond donors (Lipinski definition) is 2. The molecule has 0 spiro atoms. The van der Waals surface area contributed by atoms with Gasteiger partial charge >= 0.3 is 0 Å². The van der Waals surface area contributed by atoms with Gasteiger partial charge < -0.3 is 15.1 Å². The lowest BCUT2D eigenvalue weighted by Crippen LogP contribution is -2.38. The minimum atomic E-state index is -3.74. The predicted octanol–water partition coefficient (Wildman–Crippen LogP) is 3.74. The zero-order chi connectivity index (χ0) is 24.0. The first-order chi connectivity index (χ1) is 15.7. The van der Waals surface area contributed by atoms with Gasteiger partial charge in [-0.05, 0) is 41.8 Å². The molecule has 2 amide bonds. The molecular formula is C24H27N3O5S. The van der Waals surface area contributed by atoms with Crippen molar-refractivity contribution >= 4 is 33.2 Å². The second kappa shape index (κ2) is 10.4. The second-order valence-electron chi connectivity index (χ2n) is 7.84. The van der Waals surface area contributed by atoms with E-state index in [-0.39, 0.29) is 23.7 Å². The highest BCUT2D eigenvalue weighted by atomic mass is 32.2. The number of carbonyl (C=O) groups excluding carboxylic acids is 2. The molecule has 0 saturated heterocycles. The molecule has 8 nitrogen and oxygen atoms in total. The maximum atomic E-state index is 12.9. The van der Waals surface area contributed by atoms with Crippen LogP contribution in [0.2, 0.25) is 0 Å². The highest BCUT2D eigenvalue weighted by Crippen LogP contribution is 2.29. The second-order valence-corrected chi connectivity index (χ2v) is 9.75. The van der Waals surface area contributed by atoms with Crippen LogP contribution in [0, 0.1) is 0 Å². The minimum absolute atomic E-state index is 0.0621. The molecule has 0 bridgehead atoms. The quantitative estimate of drug-likeness (QED) is 0.496. The first-order valence-corrected chi connectivity index (χ1v) is 12.3. The Balaban J connectivity index is 1.79. The van der Waals surface area contributed by atoms with Gasteiger partial charge in [-0.3, -0.25) is 13.9 Å². The summed E-state index contributed by atoms with van der Waals surface area (Å²) in [7, 11) is -3.74. The fourth-order valence-electron chi connectivity index (χ4n) is 3.37. The number of amides is 2. The summed E-state index contributed by atoms with van der Waals surface area (Å²) < 4.78 is 31.4. The Labute approximate surface area is 193 Å². The van der Waals surface area contributed by atoms with Crippen molar-refractivity contribution in [2.75, 3.05) is 22.4 Å². The maximum Gasteiger partial charge on any atom is 0.253 e. The molecule has 33 heavy (non-hydrogen) atoms. The Morgan fingerprint density at radius 2 is 1.70 bits per heavy atom. The summed E-state index contributed by atoms with van der Waals surface area (Å²) in [6.07, 6.45) is 2.58. The SMILES string of the molecule is CC(C)c1ccccc1N(CC(=O)Nc1ccccc1C(=O)NCc1ccco1)S(C)(=O)=O. The Morgan fingerprint density at radius 1 is 1.00 bits per heavy atom. The number of nitrogens with zero attached hydrogens (tertiary/aromatic N) is 1. The molecule has 0 unspecified atom stereocenters. The third kappa shape index (κ3) is 6.23. The van der Waals surface area contributed by atoms with E-state index in [1.165, 1.54) is 6.26 Å². The van der Waals surface area contributed by atoms with Crippen molar-refractivity contribution in [3.05, 3.63) is 83.8 Å². The number of benzene rings is 2. The third-order valence-corrected chi connectivity index (χ3v) is 6.09. The van der Waals surface area contributed by atoms with E-state index < -0.39 is 28.4 Å². The molecule has 1 heterocycles.